The van der Waals surface area contributed by atoms with Gasteiger partial charge in [-0.05, 0) is 39.2 Å². The van der Waals surface area contributed by atoms with Crippen molar-refractivity contribution in [3.8, 4) is 0 Å². The van der Waals surface area contributed by atoms with Gasteiger partial charge in [0.1, 0.15) is 0 Å². The highest BCUT2D eigenvalue weighted by Crippen LogP contribution is 2.32. The lowest BCUT2D eigenvalue weighted by molar-refractivity contribution is -0.162. The number of aliphatic hydroxyl groups excluding tert-OH is 1. The quantitative estimate of drug-likeness (QED) is 0.594. The van der Waals surface area contributed by atoms with E-state index in [1.54, 1.807) is 38.1 Å². The van der Waals surface area contributed by atoms with Crippen LogP contribution in [0.15, 0.2) is 24.3 Å². The van der Waals surface area contributed by atoms with Crippen LogP contribution in [-0.4, -0.2) is 34.9 Å². The van der Waals surface area contributed by atoms with Crippen LogP contribution < -0.4 is 0 Å². The van der Waals surface area contributed by atoms with Crippen LogP contribution in [0.2, 0.25) is 0 Å². The molecule has 0 spiro atoms. The number of aryl methyl sites for hydroxylation is 1. The zero-order chi connectivity index (χ0) is 16.0. The van der Waals surface area contributed by atoms with Crippen molar-refractivity contribution in [3.05, 3.63) is 35.4 Å². The lowest BCUT2D eigenvalue weighted by atomic mass is 9.76. The van der Waals surface area contributed by atoms with Crippen LogP contribution in [0.3, 0.4) is 0 Å². The Morgan fingerprint density at radius 3 is 2.29 bits per heavy atom. The molecule has 0 amide bonds. The average molecular weight is 294 g/mol. The summed E-state index contributed by atoms with van der Waals surface area (Å²) >= 11 is 0. The number of carboxylic acid groups (broad SMARTS) is 1. The zero-order valence-electron chi connectivity index (χ0n) is 12.6. The largest absolute Gasteiger partial charge is 0.480 e. The average Bonchev–Trinajstić information content (AvgIpc) is 2.41. The van der Waals surface area contributed by atoms with Gasteiger partial charge in [0.25, 0.3) is 0 Å². The molecule has 116 valence electrons. The fraction of sp³-hybridized carbons (Fsp3) is 0.500. The highest BCUT2D eigenvalue weighted by molar-refractivity contribution is 6.05. The Morgan fingerprint density at radius 1 is 1.29 bits per heavy atom. The first kappa shape index (κ1) is 17.2. The van der Waals surface area contributed by atoms with Gasteiger partial charge < -0.3 is 14.9 Å². The van der Waals surface area contributed by atoms with E-state index >= 15 is 0 Å². The van der Waals surface area contributed by atoms with Crippen molar-refractivity contribution in [2.24, 2.45) is 0 Å². The third-order valence-corrected chi connectivity index (χ3v) is 3.47. The smallest absolute Gasteiger partial charge is 0.328 e. The molecule has 2 atom stereocenters. The molecule has 0 radical (unpaired) electrons. The molecular formula is C16H22O5. The second-order valence-corrected chi connectivity index (χ2v) is 5.18. The molecule has 0 aliphatic rings. The summed E-state index contributed by atoms with van der Waals surface area (Å²) in [7, 11) is 0. The molecule has 0 heterocycles. The number of hydrogen-bond acceptors (Lipinski definition) is 4. The first-order chi connectivity index (χ1) is 9.84. The van der Waals surface area contributed by atoms with Gasteiger partial charge in [0.2, 0.25) is 0 Å². The summed E-state index contributed by atoms with van der Waals surface area (Å²) in [5.41, 5.74) is -0.433. The number of ether oxygens (including phenoxy) is 1. The van der Waals surface area contributed by atoms with Gasteiger partial charge in [-0.2, -0.15) is 0 Å². The summed E-state index contributed by atoms with van der Waals surface area (Å²) in [6, 6.07) is 6.77. The molecule has 5 heteroatoms. The maximum absolute atomic E-state index is 12.3. The van der Waals surface area contributed by atoms with Crippen molar-refractivity contribution in [1.29, 1.82) is 0 Å². The molecule has 1 aromatic carbocycles. The number of benzene rings is 1. The molecule has 0 saturated carbocycles. The van der Waals surface area contributed by atoms with Gasteiger partial charge in [-0.1, -0.05) is 29.8 Å². The van der Waals surface area contributed by atoms with Gasteiger partial charge in [0, 0.05) is 0 Å². The van der Waals surface area contributed by atoms with E-state index in [2.05, 4.69) is 0 Å². The topological polar surface area (TPSA) is 83.8 Å². The van der Waals surface area contributed by atoms with E-state index in [0.29, 0.717) is 5.56 Å². The Morgan fingerprint density at radius 2 is 1.86 bits per heavy atom. The fourth-order valence-corrected chi connectivity index (χ4v) is 2.20. The molecule has 0 fully saturated rings. The number of rotatable bonds is 7. The Bertz CT molecular complexity index is 492. The molecule has 0 aromatic heterocycles. The van der Waals surface area contributed by atoms with E-state index < -0.39 is 23.5 Å². The van der Waals surface area contributed by atoms with Gasteiger partial charge in [0.15, 0.2) is 5.41 Å². The predicted octanol–water partition coefficient (Wildman–Crippen LogP) is 2.04. The third kappa shape index (κ3) is 3.82. The zero-order valence-corrected chi connectivity index (χ0v) is 12.6. The molecule has 5 nitrogen and oxygen atoms in total. The first-order valence-corrected chi connectivity index (χ1v) is 7.00. The normalized spacial score (nSPS) is 15.0. The minimum Gasteiger partial charge on any atom is -0.480 e. The maximum Gasteiger partial charge on any atom is 0.328 e. The molecule has 2 N–H and O–H groups in total. The number of hydrogen-bond donors (Lipinski definition) is 2. The predicted molar refractivity (Wildman–Crippen MR) is 78.0 cm³/mol. The van der Waals surface area contributed by atoms with Gasteiger partial charge in [-0.15, -0.1) is 0 Å². The molecule has 21 heavy (non-hydrogen) atoms. The van der Waals surface area contributed by atoms with Crippen molar-refractivity contribution in [1.82, 2.24) is 0 Å². The highest BCUT2D eigenvalue weighted by atomic mass is 16.5. The Hall–Kier alpha value is -1.88. The molecule has 2 unspecified atom stereocenters. The third-order valence-electron chi connectivity index (χ3n) is 3.47. The van der Waals surface area contributed by atoms with Gasteiger partial charge in [-0.25, -0.2) is 0 Å². The number of aliphatic carboxylic acids is 1. The molecule has 1 aromatic rings. The van der Waals surface area contributed by atoms with Gasteiger partial charge >= 0.3 is 11.9 Å². The molecule has 1 rings (SSSR count). The summed E-state index contributed by atoms with van der Waals surface area (Å²) in [5.74, 6) is -2.05. The lowest BCUT2D eigenvalue weighted by Gasteiger charge is -2.28. The summed E-state index contributed by atoms with van der Waals surface area (Å²) in [6.45, 7) is 5.18. The Kier molecular flexibility index (Phi) is 5.90. The number of carbonyl (C=O) groups excluding carboxylic acids is 1. The van der Waals surface area contributed by atoms with Crippen molar-refractivity contribution in [2.45, 2.75) is 45.1 Å². The number of aliphatic hydroxyl groups is 1. The van der Waals surface area contributed by atoms with Crippen LogP contribution in [0.1, 0.15) is 37.8 Å². The first-order valence-electron chi connectivity index (χ1n) is 7.00. The molecule has 0 aliphatic heterocycles. The lowest BCUT2D eigenvalue weighted by Crippen LogP contribution is -2.45. The minimum absolute atomic E-state index is 0.0120. The van der Waals surface area contributed by atoms with E-state index in [4.69, 9.17) is 4.74 Å². The highest BCUT2D eigenvalue weighted by Gasteiger charge is 2.49. The number of carbonyl (C=O) groups is 2. The van der Waals surface area contributed by atoms with E-state index in [9.17, 15) is 19.8 Å². The standard InChI is InChI=1S/C16H22O5/c1-4-21-15(20)16(14(18)19,10-9-12(3)17)13-7-5-11(2)6-8-13/h5-8,12,17H,4,9-10H2,1-3H3,(H,18,19). The van der Waals surface area contributed by atoms with E-state index in [-0.39, 0.29) is 19.4 Å². The number of carboxylic acids is 1. The summed E-state index contributed by atoms with van der Waals surface area (Å²) in [4.78, 5) is 24.2. The van der Waals surface area contributed by atoms with E-state index in [1.807, 2.05) is 6.92 Å². The van der Waals surface area contributed by atoms with Crippen molar-refractivity contribution in [3.63, 3.8) is 0 Å². The number of esters is 1. The van der Waals surface area contributed by atoms with Crippen LogP contribution in [0.5, 0.6) is 0 Å². The molecular weight excluding hydrogens is 272 g/mol. The molecule has 0 bridgehead atoms. The second kappa shape index (κ2) is 7.22. The summed E-state index contributed by atoms with van der Waals surface area (Å²) in [5, 5.41) is 19.1. The maximum atomic E-state index is 12.3. The summed E-state index contributed by atoms with van der Waals surface area (Å²) < 4.78 is 4.98. The van der Waals surface area contributed by atoms with Crippen molar-refractivity contribution >= 4 is 11.9 Å². The van der Waals surface area contributed by atoms with Crippen LogP contribution in [0.25, 0.3) is 0 Å². The van der Waals surface area contributed by atoms with Crippen molar-refractivity contribution in [2.75, 3.05) is 6.61 Å². The summed E-state index contributed by atoms with van der Waals surface area (Å²) in [6.07, 6.45) is -0.510. The molecule has 0 aliphatic carbocycles. The van der Waals surface area contributed by atoms with Crippen LogP contribution in [0.4, 0.5) is 0 Å². The van der Waals surface area contributed by atoms with E-state index in [0.717, 1.165) is 5.56 Å². The van der Waals surface area contributed by atoms with Crippen LogP contribution >= 0.6 is 0 Å². The van der Waals surface area contributed by atoms with Crippen LogP contribution in [0, 0.1) is 6.92 Å². The van der Waals surface area contributed by atoms with Crippen molar-refractivity contribution < 1.29 is 24.5 Å². The fourth-order valence-electron chi connectivity index (χ4n) is 2.20. The SMILES string of the molecule is CCOC(=O)C(CCC(C)O)(C(=O)O)c1ccc(C)cc1. The monoisotopic (exact) mass is 294 g/mol. The van der Waals surface area contributed by atoms with Crippen LogP contribution in [-0.2, 0) is 19.7 Å². The second-order valence-electron chi connectivity index (χ2n) is 5.18. The molecule has 0 saturated heterocycles. The Labute approximate surface area is 124 Å². The van der Waals surface area contributed by atoms with Gasteiger partial charge in [-0.3, -0.25) is 9.59 Å². The van der Waals surface area contributed by atoms with Gasteiger partial charge in [0.05, 0.1) is 12.7 Å². The minimum atomic E-state index is -1.78. The Balaban J connectivity index is 3.32. The van der Waals surface area contributed by atoms with E-state index in [1.165, 1.54) is 0 Å².